The molecule has 0 radical (unpaired) electrons. The molecular formula is C24H23N3O3S3. The summed E-state index contributed by atoms with van der Waals surface area (Å²) in [5, 5.41) is 2.40. The van der Waals surface area contributed by atoms with E-state index in [1.54, 1.807) is 22.4 Å². The number of nitrogens with zero attached hydrogens (tertiary/aromatic N) is 3. The molecule has 1 aliphatic heterocycles. The van der Waals surface area contributed by atoms with E-state index in [2.05, 4.69) is 0 Å². The molecule has 5 rings (SSSR count). The van der Waals surface area contributed by atoms with Crippen LogP contribution in [0.15, 0.2) is 76.3 Å². The number of aromatic nitrogens is 1. The first-order valence-corrected chi connectivity index (χ1v) is 13.9. The van der Waals surface area contributed by atoms with Gasteiger partial charge in [0.25, 0.3) is 10.0 Å². The first kappa shape index (κ1) is 22.2. The van der Waals surface area contributed by atoms with E-state index in [9.17, 15) is 13.2 Å². The van der Waals surface area contributed by atoms with E-state index >= 15 is 0 Å². The summed E-state index contributed by atoms with van der Waals surface area (Å²) >= 11 is 2.69. The van der Waals surface area contributed by atoms with Gasteiger partial charge in [-0.25, -0.2) is 13.4 Å². The lowest BCUT2D eigenvalue weighted by atomic mass is 9.98. The number of thiazole rings is 1. The van der Waals surface area contributed by atoms with E-state index in [0.29, 0.717) is 35.3 Å². The lowest BCUT2D eigenvalue weighted by Gasteiger charge is -2.33. The molecule has 1 amide bonds. The van der Waals surface area contributed by atoms with Crippen molar-refractivity contribution >= 4 is 54.0 Å². The van der Waals surface area contributed by atoms with Crippen LogP contribution in [0.3, 0.4) is 0 Å². The van der Waals surface area contributed by atoms with E-state index in [1.807, 2.05) is 54.6 Å². The quantitative estimate of drug-likeness (QED) is 0.376. The van der Waals surface area contributed by atoms with Crippen molar-refractivity contribution in [2.45, 2.75) is 23.6 Å². The zero-order valence-corrected chi connectivity index (χ0v) is 20.3. The fourth-order valence-corrected chi connectivity index (χ4v) is 7.74. The highest BCUT2D eigenvalue weighted by molar-refractivity contribution is 7.91. The Balaban J connectivity index is 1.45. The molecule has 1 fully saturated rings. The van der Waals surface area contributed by atoms with Crippen LogP contribution in [0.25, 0.3) is 10.2 Å². The van der Waals surface area contributed by atoms with Crippen molar-refractivity contribution in [1.82, 2.24) is 9.29 Å². The van der Waals surface area contributed by atoms with Crippen LogP contribution in [0.1, 0.15) is 18.4 Å². The van der Waals surface area contributed by atoms with Gasteiger partial charge in [0.2, 0.25) is 5.91 Å². The molecule has 6 nitrogen and oxygen atoms in total. The second-order valence-electron chi connectivity index (χ2n) is 8.01. The number of benzene rings is 2. The Morgan fingerprint density at radius 3 is 2.61 bits per heavy atom. The molecule has 1 saturated heterocycles. The van der Waals surface area contributed by atoms with Crippen LogP contribution < -0.4 is 4.90 Å². The standard InChI is InChI=1S/C24H23N3O3S3/c28-23(19-10-6-14-26(17-19)33(29,30)22-13-7-15-31-22)27(16-18-8-2-1-3-9-18)24-25-20-11-4-5-12-21(20)32-24/h1-5,7-9,11-13,15,19H,6,10,14,16-17H2. The third-order valence-electron chi connectivity index (χ3n) is 5.79. The summed E-state index contributed by atoms with van der Waals surface area (Å²) in [6.07, 6.45) is 1.31. The molecule has 33 heavy (non-hydrogen) atoms. The number of rotatable bonds is 6. The maximum absolute atomic E-state index is 13.8. The molecule has 0 N–H and O–H groups in total. The van der Waals surface area contributed by atoms with E-state index in [0.717, 1.165) is 15.8 Å². The molecule has 0 saturated carbocycles. The van der Waals surface area contributed by atoms with Gasteiger partial charge in [-0.1, -0.05) is 59.9 Å². The van der Waals surface area contributed by atoms with Crippen LogP contribution in [0, 0.1) is 5.92 Å². The summed E-state index contributed by atoms with van der Waals surface area (Å²) in [5.41, 5.74) is 1.86. The summed E-state index contributed by atoms with van der Waals surface area (Å²) in [4.78, 5) is 20.3. The van der Waals surface area contributed by atoms with Crippen LogP contribution >= 0.6 is 22.7 Å². The third-order valence-corrected chi connectivity index (χ3v) is 10.1. The van der Waals surface area contributed by atoms with Crippen molar-refractivity contribution in [3.05, 3.63) is 77.7 Å². The molecule has 0 bridgehead atoms. The molecule has 0 aliphatic carbocycles. The lowest BCUT2D eigenvalue weighted by Crippen LogP contribution is -2.46. The van der Waals surface area contributed by atoms with Crippen molar-refractivity contribution < 1.29 is 13.2 Å². The van der Waals surface area contributed by atoms with E-state index in [1.165, 1.54) is 27.0 Å². The summed E-state index contributed by atoms with van der Waals surface area (Å²) < 4.78 is 28.9. The van der Waals surface area contributed by atoms with Crippen LogP contribution in [0.4, 0.5) is 5.13 Å². The maximum Gasteiger partial charge on any atom is 0.252 e. The number of carbonyl (C=O) groups excluding carboxylic acids is 1. The number of sulfonamides is 1. The Hall–Kier alpha value is -2.59. The molecule has 4 aromatic rings. The van der Waals surface area contributed by atoms with E-state index in [4.69, 9.17) is 4.98 Å². The number of fused-ring (bicyclic) bond motifs is 1. The summed E-state index contributed by atoms with van der Waals surface area (Å²) in [6, 6.07) is 21.0. The molecule has 1 atom stereocenters. The number of amides is 1. The number of hydrogen-bond acceptors (Lipinski definition) is 6. The number of hydrogen-bond donors (Lipinski definition) is 0. The van der Waals surface area contributed by atoms with Crippen molar-refractivity contribution in [2.75, 3.05) is 18.0 Å². The normalized spacial score (nSPS) is 17.3. The van der Waals surface area contributed by atoms with Gasteiger partial charge in [0, 0.05) is 13.1 Å². The van der Waals surface area contributed by atoms with Gasteiger partial charge in [0.1, 0.15) is 4.21 Å². The average molecular weight is 498 g/mol. The van der Waals surface area contributed by atoms with Crippen LogP contribution in [0.5, 0.6) is 0 Å². The minimum absolute atomic E-state index is 0.0796. The third kappa shape index (κ3) is 4.59. The monoisotopic (exact) mass is 497 g/mol. The average Bonchev–Trinajstić information content (AvgIpc) is 3.53. The SMILES string of the molecule is O=C(C1CCCN(S(=O)(=O)c2cccs2)C1)N(Cc1ccccc1)c1nc2ccccc2s1. The van der Waals surface area contributed by atoms with E-state index < -0.39 is 15.9 Å². The van der Waals surface area contributed by atoms with Gasteiger partial charge in [0.05, 0.1) is 22.7 Å². The number of para-hydroxylation sites is 1. The summed E-state index contributed by atoms with van der Waals surface area (Å²) in [5.74, 6) is -0.492. The van der Waals surface area contributed by atoms with Crippen LogP contribution in [0.2, 0.25) is 0 Å². The van der Waals surface area contributed by atoms with Crippen LogP contribution in [-0.2, 0) is 21.4 Å². The van der Waals surface area contributed by atoms with Crippen molar-refractivity contribution in [3.8, 4) is 0 Å². The topological polar surface area (TPSA) is 70.6 Å². The highest BCUT2D eigenvalue weighted by Gasteiger charge is 2.36. The molecule has 2 aromatic carbocycles. The van der Waals surface area contributed by atoms with Gasteiger partial charge in [-0.15, -0.1) is 11.3 Å². The van der Waals surface area contributed by atoms with E-state index in [-0.39, 0.29) is 12.5 Å². The van der Waals surface area contributed by atoms with Crippen molar-refractivity contribution in [2.24, 2.45) is 5.92 Å². The zero-order chi connectivity index (χ0) is 22.8. The molecular weight excluding hydrogens is 474 g/mol. The van der Waals surface area contributed by atoms with Gasteiger partial charge >= 0.3 is 0 Å². The molecule has 9 heteroatoms. The Kier molecular flexibility index (Phi) is 6.29. The second kappa shape index (κ2) is 9.34. The van der Waals surface area contributed by atoms with Gasteiger partial charge in [-0.3, -0.25) is 9.69 Å². The number of thiophene rings is 1. The highest BCUT2D eigenvalue weighted by atomic mass is 32.2. The molecule has 1 unspecified atom stereocenters. The summed E-state index contributed by atoms with van der Waals surface area (Å²) in [6.45, 7) is 1.02. The van der Waals surface area contributed by atoms with Gasteiger partial charge < -0.3 is 0 Å². The van der Waals surface area contributed by atoms with Gasteiger partial charge in [0.15, 0.2) is 5.13 Å². The maximum atomic E-state index is 13.8. The largest absolute Gasteiger partial charge is 0.283 e. The Morgan fingerprint density at radius 2 is 1.85 bits per heavy atom. The Labute approximate surface area is 201 Å². The van der Waals surface area contributed by atoms with Gasteiger partial charge in [-0.2, -0.15) is 4.31 Å². The summed E-state index contributed by atoms with van der Waals surface area (Å²) in [7, 11) is -3.59. The predicted molar refractivity (Wildman–Crippen MR) is 133 cm³/mol. The minimum Gasteiger partial charge on any atom is -0.283 e. The first-order chi connectivity index (χ1) is 16.0. The number of anilines is 1. The zero-order valence-electron chi connectivity index (χ0n) is 17.8. The molecule has 0 spiro atoms. The second-order valence-corrected chi connectivity index (χ2v) is 12.1. The van der Waals surface area contributed by atoms with Gasteiger partial charge in [-0.05, 0) is 42.0 Å². The highest BCUT2D eigenvalue weighted by Crippen LogP contribution is 2.33. The Morgan fingerprint density at radius 1 is 1.06 bits per heavy atom. The smallest absolute Gasteiger partial charge is 0.252 e. The molecule has 1 aliphatic rings. The fourth-order valence-electron chi connectivity index (χ4n) is 4.10. The molecule has 2 aromatic heterocycles. The van der Waals surface area contributed by atoms with Crippen molar-refractivity contribution in [1.29, 1.82) is 0 Å². The Bertz CT molecular complexity index is 1320. The van der Waals surface area contributed by atoms with Crippen LogP contribution in [-0.4, -0.2) is 36.7 Å². The first-order valence-electron chi connectivity index (χ1n) is 10.8. The number of piperidine rings is 1. The van der Waals surface area contributed by atoms with Crippen molar-refractivity contribution in [3.63, 3.8) is 0 Å². The lowest BCUT2D eigenvalue weighted by molar-refractivity contribution is -0.123. The minimum atomic E-state index is -3.59. The molecule has 3 heterocycles. The number of carbonyl (C=O) groups is 1. The predicted octanol–water partition coefficient (Wildman–Crippen LogP) is 4.99. The molecule has 170 valence electrons. The fraction of sp³-hybridized carbons (Fsp3) is 0.250.